The molecule has 13 nitrogen and oxygen atoms in total. The number of imide groups is 1. The van der Waals surface area contributed by atoms with Crippen molar-refractivity contribution in [3.8, 4) is 0 Å². The zero-order valence-corrected chi connectivity index (χ0v) is 23.7. The number of aliphatic imine (C=N–C) groups is 1. The number of pyridine rings is 1. The molecule has 1 unspecified atom stereocenters. The van der Waals surface area contributed by atoms with E-state index in [2.05, 4.69) is 20.0 Å². The van der Waals surface area contributed by atoms with E-state index in [1.54, 1.807) is 6.08 Å². The van der Waals surface area contributed by atoms with Gasteiger partial charge in [-0.3, -0.25) is 14.5 Å². The second kappa shape index (κ2) is 12.0. The molecule has 15 heteroatoms. The highest BCUT2D eigenvalue weighted by molar-refractivity contribution is 7.92. The average Bonchev–Trinajstić information content (AvgIpc) is 3.00. The summed E-state index contributed by atoms with van der Waals surface area (Å²) in [5.41, 5.74) is 0.493. The fourth-order valence-electron chi connectivity index (χ4n) is 4.60. The number of fused-ring (bicyclic) bond motifs is 1. The molecule has 0 spiro atoms. The van der Waals surface area contributed by atoms with Crippen LogP contribution in [0.25, 0.3) is 0 Å². The second-order valence-corrected chi connectivity index (χ2v) is 11.4. The number of amides is 4. The van der Waals surface area contributed by atoms with E-state index < -0.39 is 57.2 Å². The summed E-state index contributed by atoms with van der Waals surface area (Å²) in [6, 6.07) is 11.2. The summed E-state index contributed by atoms with van der Waals surface area (Å²) in [6.07, 6.45) is 5.59. The number of anilines is 2. The first-order valence-electron chi connectivity index (χ1n) is 13.0. The maximum atomic E-state index is 14.8. The van der Waals surface area contributed by atoms with Gasteiger partial charge in [-0.25, -0.2) is 19.0 Å². The highest BCUT2D eigenvalue weighted by atomic mass is 32.2. The normalized spacial score (nSPS) is 16.9. The van der Waals surface area contributed by atoms with E-state index >= 15 is 0 Å². The number of hydrogen-bond donors (Lipinski definition) is 3. The molecule has 0 fully saturated rings. The van der Waals surface area contributed by atoms with Crippen LogP contribution < -0.4 is 14.9 Å². The predicted octanol–water partition coefficient (Wildman–Crippen LogP) is 2.21. The van der Waals surface area contributed by atoms with Crippen molar-refractivity contribution in [1.82, 2.24) is 10.3 Å². The van der Waals surface area contributed by atoms with Crippen molar-refractivity contribution in [3.63, 3.8) is 0 Å². The van der Waals surface area contributed by atoms with Crippen LogP contribution in [-0.4, -0.2) is 71.9 Å². The maximum Gasteiger partial charge on any atom is 0.506 e. The standard InChI is InChI=1S/C29H23FN6O7S/c1-35-24-16-31-13-11-21(24)27(38)36(29(35)41)19-8-5-17(6-9-19)14-23(28(39)40)33-26(37)20-10-7-18(15-22(20)30)34-44(42,43)25-4-2-3-12-32-25/h2-13,15-16,21,23H,14H2,1H3,(H2-,33,34,37,39,40)/p+1/t21?,23-/m0/s1. The van der Waals surface area contributed by atoms with Gasteiger partial charge < -0.3 is 10.4 Å². The number of aliphatic carboxylic acids is 1. The number of hydrogen-bond acceptors (Lipinski definition) is 8. The van der Waals surface area contributed by atoms with E-state index in [1.165, 1.54) is 72.7 Å². The SMILES string of the molecule is C[N+]1=C2C=NC=CC2C(=O)N(c2ccc(C[C@H](NC(=O)c3ccc(NS(=O)(=O)c4ccccn4)cc3F)C(=O)O)cc2)C1=O. The van der Waals surface area contributed by atoms with Gasteiger partial charge in [0.05, 0.1) is 24.5 Å². The van der Waals surface area contributed by atoms with Gasteiger partial charge in [0.25, 0.3) is 15.9 Å². The lowest BCUT2D eigenvalue weighted by Gasteiger charge is -2.24. The van der Waals surface area contributed by atoms with Crippen LogP contribution in [0.2, 0.25) is 0 Å². The van der Waals surface area contributed by atoms with E-state index in [1.807, 2.05) is 0 Å². The van der Waals surface area contributed by atoms with Crippen molar-refractivity contribution in [3.05, 3.63) is 96.1 Å². The Hall–Kier alpha value is -5.57. The molecule has 2 aliphatic heterocycles. The minimum absolute atomic E-state index is 0.168. The van der Waals surface area contributed by atoms with Crippen LogP contribution in [0.3, 0.4) is 0 Å². The number of sulfonamides is 1. The first-order valence-corrected chi connectivity index (χ1v) is 14.5. The molecular formula is C29H24FN6O7S+. The van der Waals surface area contributed by atoms with E-state index in [4.69, 9.17) is 0 Å². The van der Waals surface area contributed by atoms with Crippen LogP contribution in [0.4, 0.5) is 20.6 Å². The molecule has 0 bridgehead atoms. The van der Waals surface area contributed by atoms with Crippen molar-refractivity contribution >= 4 is 57.1 Å². The second-order valence-electron chi connectivity index (χ2n) is 9.74. The van der Waals surface area contributed by atoms with Crippen LogP contribution in [-0.2, 0) is 26.0 Å². The summed E-state index contributed by atoms with van der Waals surface area (Å²) in [6.45, 7) is 0. The van der Waals surface area contributed by atoms with Crippen LogP contribution in [0, 0.1) is 11.7 Å². The summed E-state index contributed by atoms with van der Waals surface area (Å²) in [5, 5.41) is 11.7. The fourth-order valence-corrected chi connectivity index (χ4v) is 5.60. The molecule has 44 heavy (non-hydrogen) atoms. The molecule has 0 saturated heterocycles. The molecule has 0 radical (unpaired) electrons. The number of carboxylic acid groups (broad SMARTS) is 1. The van der Waals surface area contributed by atoms with Crippen LogP contribution >= 0.6 is 0 Å². The van der Waals surface area contributed by atoms with Gasteiger partial charge in [-0.1, -0.05) is 18.2 Å². The van der Waals surface area contributed by atoms with Gasteiger partial charge in [-0.05, 0) is 54.1 Å². The van der Waals surface area contributed by atoms with Gasteiger partial charge in [0.2, 0.25) is 0 Å². The van der Waals surface area contributed by atoms with Crippen LogP contribution in [0.1, 0.15) is 15.9 Å². The van der Waals surface area contributed by atoms with Gasteiger partial charge in [-0.2, -0.15) is 17.8 Å². The molecule has 2 aliphatic rings. The first-order chi connectivity index (χ1) is 21.0. The number of rotatable bonds is 9. The molecule has 0 saturated carbocycles. The zero-order valence-electron chi connectivity index (χ0n) is 22.9. The molecule has 3 N–H and O–H groups in total. The predicted molar refractivity (Wildman–Crippen MR) is 156 cm³/mol. The molecule has 3 aromatic rings. The molecule has 3 heterocycles. The summed E-state index contributed by atoms with van der Waals surface area (Å²) in [7, 11) is -2.58. The highest BCUT2D eigenvalue weighted by Crippen LogP contribution is 2.25. The Kier molecular flexibility index (Phi) is 8.13. The van der Waals surface area contributed by atoms with E-state index in [0.29, 0.717) is 11.3 Å². The van der Waals surface area contributed by atoms with Gasteiger partial charge in [0.15, 0.2) is 5.03 Å². The fraction of sp³-hybridized carbons (Fsp3) is 0.138. The lowest BCUT2D eigenvalue weighted by atomic mass is 9.97. The number of nitrogens with one attached hydrogen (secondary N) is 2. The van der Waals surface area contributed by atoms with E-state index in [0.717, 1.165) is 23.1 Å². The van der Waals surface area contributed by atoms with Crippen molar-refractivity contribution in [2.75, 3.05) is 16.7 Å². The maximum absolute atomic E-state index is 14.8. The lowest BCUT2D eigenvalue weighted by Crippen LogP contribution is -2.54. The molecule has 4 amide bonds. The summed E-state index contributed by atoms with van der Waals surface area (Å²) in [5.74, 6) is -4.66. The van der Waals surface area contributed by atoms with Crippen molar-refractivity contribution in [1.29, 1.82) is 0 Å². The van der Waals surface area contributed by atoms with Crippen LogP contribution in [0.5, 0.6) is 0 Å². The van der Waals surface area contributed by atoms with E-state index in [9.17, 15) is 37.1 Å². The Morgan fingerprint density at radius 1 is 1.11 bits per heavy atom. The molecule has 5 rings (SSSR count). The summed E-state index contributed by atoms with van der Waals surface area (Å²) < 4.78 is 43.2. The van der Waals surface area contributed by atoms with Crippen molar-refractivity contribution in [2.45, 2.75) is 17.5 Å². The monoisotopic (exact) mass is 619 g/mol. The minimum Gasteiger partial charge on any atom is -0.480 e. The molecule has 2 aromatic carbocycles. The van der Waals surface area contributed by atoms with Gasteiger partial charge in [-0.15, -0.1) is 4.90 Å². The number of halogens is 1. The molecule has 1 aromatic heterocycles. The zero-order chi connectivity index (χ0) is 31.6. The Morgan fingerprint density at radius 2 is 1.86 bits per heavy atom. The van der Waals surface area contributed by atoms with Crippen molar-refractivity contribution in [2.24, 2.45) is 10.9 Å². The lowest BCUT2D eigenvalue weighted by molar-refractivity contribution is -0.392. The summed E-state index contributed by atoms with van der Waals surface area (Å²) >= 11 is 0. The third-order valence-electron chi connectivity index (χ3n) is 6.86. The quantitative estimate of drug-likeness (QED) is 0.305. The number of carbonyl (C=O) groups excluding carboxylic acids is 3. The largest absolute Gasteiger partial charge is 0.506 e. The van der Waals surface area contributed by atoms with Gasteiger partial charge in [0.1, 0.15) is 29.2 Å². The van der Waals surface area contributed by atoms with Gasteiger partial charge >= 0.3 is 17.9 Å². The number of urea groups is 1. The Bertz CT molecular complexity index is 1880. The third kappa shape index (κ3) is 5.98. The smallest absolute Gasteiger partial charge is 0.480 e. The molecule has 0 aliphatic carbocycles. The molecular weight excluding hydrogens is 595 g/mol. The molecule has 224 valence electrons. The Labute approximate surface area is 250 Å². The highest BCUT2D eigenvalue weighted by Gasteiger charge is 2.47. The van der Waals surface area contributed by atoms with Crippen molar-refractivity contribution < 1.29 is 41.7 Å². The topological polar surface area (TPSA) is 178 Å². The minimum atomic E-state index is -4.11. The van der Waals surface area contributed by atoms with Crippen LogP contribution in [0.15, 0.2) is 89.2 Å². The molecule has 2 atom stereocenters. The number of aromatic nitrogens is 1. The first kappa shape index (κ1) is 29.9. The Balaban J connectivity index is 1.27. The van der Waals surface area contributed by atoms with E-state index in [-0.39, 0.29) is 22.8 Å². The average molecular weight is 620 g/mol. The number of carbonyl (C=O) groups is 4. The number of nitrogens with zero attached hydrogens (tertiary/aromatic N) is 4. The Morgan fingerprint density at radius 3 is 2.52 bits per heavy atom. The summed E-state index contributed by atoms with van der Waals surface area (Å²) in [4.78, 5) is 59.5. The third-order valence-corrected chi connectivity index (χ3v) is 8.16. The number of carboxylic acids is 1. The number of benzene rings is 2. The van der Waals surface area contributed by atoms with Gasteiger partial charge in [0, 0.05) is 18.8 Å².